The summed E-state index contributed by atoms with van der Waals surface area (Å²) in [6.07, 6.45) is 1.03. The molecule has 0 aliphatic carbocycles. The lowest BCUT2D eigenvalue weighted by molar-refractivity contribution is -0.123. The molecule has 0 spiro atoms. The van der Waals surface area contributed by atoms with Crippen LogP contribution in [0.5, 0.6) is 11.5 Å². The number of halogens is 1. The number of nitrogens with zero attached hydrogens (tertiary/aromatic N) is 1. The fourth-order valence-corrected chi connectivity index (χ4v) is 2.98. The summed E-state index contributed by atoms with van der Waals surface area (Å²) in [7, 11) is 1.59. The Kier molecular flexibility index (Phi) is 8.16. The normalized spacial score (nSPS) is 11.4. The second-order valence-electron chi connectivity index (χ2n) is 6.57. The molecule has 1 unspecified atom stereocenters. The molecule has 0 aromatic heterocycles. The number of rotatable bonds is 9. The number of ether oxygens (including phenoxy) is 2. The third-order valence-corrected chi connectivity index (χ3v) is 5.03. The number of para-hydroxylation sites is 1. The number of amides is 1. The van der Waals surface area contributed by atoms with Gasteiger partial charge in [-0.2, -0.15) is 5.26 Å². The lowest BCUT2D eigenvalue weighted by Crippen LogP contribution is -2.30. The number of nitrogens with one attached hydrogen (secondary N) is 1. The Labute approximate surface area is 171 Å². The van der Waals surface area contributed by atoms with E-state index in [0.29, 0.717) is 31.7 Å². The fourth-order valence-electron chi connectivity index (χ4n) is 2.88. The molecule has 0 saturated heterocycles. The summed E-state index contributed by atoms with van der Waals surface area (Å²) in [5.74, 6) is 0.449. The number of carbonyl (C=O) groups excluding carboxylic acids is 1. The van der Waals surface area contributed by atoms with Crippen molar-refractivity contribution in [3.8, 4) is 17.6 Å². The van der Waals surface area contributed by atoms with Gasteiger partial charge in [-0.05, 0) is 56.0 Å². The zero-order chi connectivity index (χ0) is 20.5. The van der Waals surface area contributed by atoms with Crippen LogP contribution in [0.4, 0.5) is 0 Å². The lowest BCUT2D eigenvalue weighted by Gasteiger charge is -2.13. The zero-order valence-corrected chi connectivity index (χ0v) is 17.2. The minimum Gasteiger partial charge on any atom is -0.496 e. The molecule has 2 aromatic rings. The van der Waals surface area contributed by atoms with Crippen molar-refractivity contribution >= 4 is 17.5 Å². The van der Waals surface area contributed by atoms with Crippen LogP contribution < -0.4 is 14.8 Å². The van der Waals surface area contributed by atoms with Crippen molar-refractivity contribution in [3.05, 3.63) is 58.1 Å². The molecule has 0 aliphatic heterocycles. The topological polar surface area (TPSA) is 71.3 Å². The predicted octanol–water partition coefficient (Wildman–Crippen LogP) is 4.58. The van der Waals surface area contributed by atoms with Gasteiger partial charge in [-0.1, -0.05) is 29.8 Å². The summed E-state index contributed by atoms with van der Waals surface area (Å²) in [5.41, 5.74) is 2.79. The number of carbonyl (C=O) groups is 1. The molecule has 148 valence electrons. The largest absolute Gasteiger partial charge is 0.496 e. The number of aryl methyl sites for hydroxylation is 2. The SMILES string of the molecule is COc1ccccc1CNC(=O)C(C#N)CCCOc1cc(C)c(Cl)c(C)c1. The third-order valence-electron chi connectivity index (χ3n) is 4.43. The van der Waals surface area contributed by atoms with Crippen molar-refractivity contribution in [3.63, 3.8) is 0 Å². The number of nitriles is 1. The van der Waals surface area contributed by atoms with Crippen LogP contribution in [0.25, 0.3) is 0 Å². The molecular formula is C22H25ClN2O3. The highest BCUT2D eigenvalue weighted by atomic mass is 35.5. The van der Waals surface area contributed by atoms with Crippen molar-refractivity contribution in [2.75, 3.05) is 13.7 Å². The van der Waals surface area contributed by atoms with E-state index in [4.69, 9.17) is 21.1 Å². The molecule has 6 heteroatoms. The van der Waals surface area contributed by atoms with E-state index in [1.54, 1.807) is 7.11 Å². The van der Waals surface area contributed by atoms with Gasteiger partial charge in [0.05, 0.1) is 19.8 Å². The molecule has 1 amide bonds. The van der Waals surface area contributed by atoms with E-state index in [2.05, 4.69) is 11.4 Å². The van der Waals surface area contributed by atoms with Gasteiger partial charge in [0, 0.05) is 17.1 Å². The molecule has 0 heterocycles. The Morgan fingerprint density at radius 2 is 1.93 bits per heavy atom. The molecule has 2 rings (SSSR count). The number of hydrogen-bond acceptors (Lipinski definition) is 4. The van der Waals surface area contributed by atoms with Crippen LogP contribution >= 0.6 is 11.6 Å². The summed E-state index contributed by atoms with van der Waals surface area (Å²) in [5, 5.41) is 12.9. The van der Waals surface area contributed by atoms with Crippen LogP contribution in [0, 0.1) is 31.1 Å². The van der Waals surface area contributed by atoms with E-state index in [9.17, 15) is 10.1 Å². The Morgan fingerprint density at radius 1 is 1.25 bits per heavy atom. The molecule has 1 atom stereocenters. The first-order valence-corrected chi connectivity index (χ1v) is 9.52. The van der Waals surface area contributed by atoms with Crippen LogP contribution in [-0.4, -0.2) is 19.6 Å². The second kappa shape index (κ2) is 10.6. The Bertz CT molecular complexity index is 838. The van der Waals surface area contributed by atoms with Gasteiger partial charge in [0.2, 0.25) is 5.91 Å². The highest BCUT2D eigenvalue weighted by molar-refractivity contribution is 6.32. The highest BCUT2D eigenvalue weighted by Crippen LogP contribution is 2.26. The molecule has 0 fully saturated rings. The summed E-state index contributed by atoms with van der Waals surface area (Å²) >= 11 is 6.16. The van der Waals surface area contributed by atoms with E-state index in [1.165, 1.54) is 0 Å². The van der Waals surface area contributed by atoms with Crippen LogP contribution in [0.2, 0.25) is 5.02 Å². The number of benzene rings is 2. The van der Waals surface area contributed by atoms with Crippen LogP contribution in [0.15, 0.2) is 36.4 Å². The second-order valence-corrected chi connectivity index (χ2v) is 6.95. The fraction of sp³-hybridized carbons (Fsp3) is 0.364. The molecule has 0 saturated carbocycles. The van der Waals surface area contributed by atoms with E-state index in [1.807, 2.05) is 50.2 Å². The van der Waals surface area contributed by atoms with Crippen LogP contribution in [-0.2, 0) is 11.3 Å². The predicted molar refractivity (Wildman–Crippen MR) is 110 cm³/mol. The lowest BCUT2D eigenvalue weighted by atomic mass is 10.0. The van der Waals surface area contributed by atoms with E-state index >= 15 is 0 Å². The quantitative estimate of drug-likeness (QED) is 0.625. The minimum atomic E-state index is -0.716. The first-order chi connectivity index (χ1) is 13.5. The third kappa shape index (κ3) is 5.90. The summed E-state index contributed by atoms with van der Waals surface area (Å²) < 4.78 is 11.0. The van der Waals surface area contributed by atoms with E-state index in [-0.39, 0.29) is 5.91 Å². The van der Waals surface area contributed by atoms with Gasteiger partial charge in [-0.3, -0.25) is 4.79 Å². The Morgan fingerprint density at radius 3 is 2.57 bits per heavy atom. The van der Waals surface area contributed by atoms with Gasteiger partial charge >= 0.3 is 0 Å². The molecule has 0 aliphatic rings. The maximum absolute atomic E-state index is 12.3. The monoisotopic (exact) mass is 400 g/mol. The summed E-state index contributed by atoms with van der Waals surface area (Å²) in [6, 6.07) is 13.3. The van der Waals surface area contributed by atoms with Gasteiger partial charge in [0.25, 0.3) is 0 Å². The minimum absolute atomic E-state index is 0.286. The molecule has 28 heavy (non-hydrogen) atoms. The highest BCUT2D eigenvalue weighted by Gasteiger charge is 2.17. The Hall–Kier alpha value is -2.71. The Balaban J connectivity index is 1.80. The van der Waals surface area contributed by atoms with Crippen molar-refractivity contribution in [1.29, 1.82) is 5.26 Å². The number of hydrogen-bond donors (Lipinski definition) is 1. The van der Waals surface area contributed by atoms with E-state index < -0.39 is 5.92 Å². The average molecular weight is 401 g/mol. The maximum Gasteiger partial charge on any atom is 0.237 e. The van der Waals surface area contributed by atoms with Gasteiger partial charge in [0.15, 0.2) is 0 Å². The summed E-state index contributed by atoms with van der Waals surface area (Å²) in [4.78, 5) is 12.3. The first kappa shape index (κ1) is 21.6. The maximum atomic E-state index is 12.3. The smallest absolute Gasteiger partial charge is 0.237 e. The standard InChI is InChI=1S/C22H25ClN2O3/c1-15-11-19(12-16(2)21(15)23)28-10-6-8-17(13-24)22(26)25-14-18-7-4-5-9-20(18)27-3/h4-5,7,9,11-12,17H,6,8,10,14H2,1-3H3,(H,25,26). The van der Waals surface area contributed by atoms with Crippen LogP contribution in [0.1, 0.15) is 29.5 Å². The van der Waals surface area contributed by atoms with Crippen molar-refractivity contribution < 1.29 is 14.3 Å². The number of methoxy groups -OCH3 is 1. The molecule has 0 bridgehead atoms. The molecule has 2 aromatic carbocycles. The van der Waals surface area contributed by atoms with Gasteiger partial charge in [0.1, 0.15) is 17.4 Å². The van der Waals surface area contributed by atoms with Crippen molar-refractivity contribution in [2.24, 2.45) is 5.92 Å². The summed E-state index contributed by atoms with van der Waals surface area (Å²) in [6.45, 7) is 4.61. The molecule has 1 N–H and O–H groups in total. The van der Waals surface area contributed by atoms with Gasteiger partial charge < -0.3 is 14.8 Å². The molecule has 5 nitrogen and oxygen atoms in total. The van der Waals surface area contributed by atoms with E-state index in [0.717, 1.165) is 27.5 Å². The average Bonchev–Trinajstić information content (AvgIpc) is 2.70. The van der Waals surface area contributed by atoms with Gasteiger partial charge in [-0.15, -0.1) is 0 Å². The molecule has 0 radical (unpaired) electrons. The van der Waals surface area contributed by atoms with Crippen molar-refractivity contribution in [2.45, 2.75) is 33.2 Å². The van der Waals surface area contributed by atoms with Crippen molar-refractivity contribution in [1.82, 2.24) is 5.32 Å². The van der Waals surface area contributed by atoms with Gasteiger partial charge in [-0.25, -0.2) is 0 Å². The first-order valence-electron chi connectivity index (χ1n) is 9.15. The zero-order valence-electron chi connectivity index (χ0n) is 16.4. The van der Waals surface area contributed by atoms with Crippen LogP contribution in [0.3, 0.4) is 0 Å². The molecular weight excluding hydrogens is 376 g/mol.